The van der Waals surface area contributed by atoms with Gasteiger partial charge in [-0.3, -0.25) is 0 Å². The largest absolute Gasteiger partial charge is 0.493 e. The van der Waals surface area contributed by atoms with Crippen LogP contribution in [0.15, 0.2) is 60.8 Å². The smallest absolute Gasteiger partial charge is 0.161 e. The van der Waals surface area contributed by atoms with Crippen molar-refractivity contribution in [2.45, 2.75) is 13.2 Å². The summed E-state index contributed by atoms with van der Waals surface area (Å²) in [6, 6.07) is 18.1. The van der Waals surface area contributed by atoms with Crippen molar-refractivity contribution in [2.24, 2.45) is 0 Å². The molecule has 6 nitrogen and oxygen atoms in total. The van der Waals surface area contributed by atoms with Crippen LogP contribution in [0.5, 0.6) is 11.5 Å². The van der Waals surface area contributed by atoms with Gasteiger partial charge in [0.05, 0.1) is 20.3 Å². The standard InChI is InChI=1S/C24H26ClN3O3/c1-29-23-14-18(2-8-22(23)31-17-19-3-9-24(25)27-16-19)15-26-20-4-6-21(7-5-20)28-10-12-30-13-11-28/h2-9,14,16,26H,10-13,15,17H2,1H3. The number of nitrogens with zero attached hydrogens (tertiary/aromatic N) is 2. The molecule has 0 unspecified atom stereocenters. The quantitative estimate of drug-likeness (QED) is 0.510. The fourth-order valence-corrected chi connectivity index (χ4v) is 3.52. The number of hydrogen-bond donors (Lipinski definition) is 1. The van der Waals surface area contributed by atoms with Crippen LogP contribution in [0.3, 0.4) is 0 Å². The fraction of sp³-hybridized carbons (Fsp3) is 0.292. The molecule has 0 saturated carbocycles. The van der Waals surface area contributed by atoms with Gasteiger partial charge in [0.25, 0.3) is 0 Å². The van der Waals surface area contributed by atoms with Crippen molar-refractivity contribution >= 4 is 23.0 Å². The Kier molecular flexibility index (Phi) is 7.12. The zero-order valence-corrected chi connectivity index (χ0v) is 18.3. The van der Waals surface area contributed by atoms with E-state index in [2.05, 4.69) is 39.5 Å². The van der Waals surface area contributed by atoms with Gasteiger partial charge in [-0.25, -0.2) is 4.98 Å². The summed E-state index contributed by atoms with van der Waals surface area (Å²) < 4.78 is 16.8. The minimum Gasteiger partial charge on any atom is -0.493 e. The lowest BCUT2D eigenvalue weighted by molar-refractivity contribution is 0.122. The van der Waals surface area contributed by atoms with Crippen LogP contribution in [0.25, 0.3) is 0 Å². The molecule has 4 rings (SSSR count). The van der Waals surface area contributed by atoms with Gasteiger partial charge >= 0.3 is 0 Å². The summed E-state index contributed by atoms with van der Waals surface area (Å²) in [6.45, 7) is 4.55. The number of ether oxygens (including phenoxy) is 3. The molecule has 1 aromatic heterocycles. The Morgan fingerprint density at radius 2 is 1.77 bits per heavy atom. The molecule has 0 bridgehead atoms. The molecule has 1 aliphatic rings. The minimum absolute atomic E-state index is 0.396. The number of methoxy groups -OCH3 is 1. The summed E-state index contributed by atoms with van der Waals surface area (Å²) in [7, 11) is 1.65. The first-order chi connectivity index (χ1) is 15.2. The van der Waals surface area contributed by atoms with Crippen LogP contribution in [0.2, 0.25) is 5.15 Å². The maximum absolute atomic E-state index is 5.90. The molecule has 0 spiro atoms. The average Bonchev–Trinajstić information content (AvgIpc) is 2.83. The van der Waals surface area contributed by atoms with Crippen molar-refractivity contribution in [3.05, 3.63) is 77.1 Å². The molecular formula is C24H26ClN3O3. The molecule has 1 aliphatic heterocycles. The molecule has 1 saturated heterocycles. The summed E-state index contributed by atoms with van der Waals surface area (Å²) in [5.41, 5.74) is 4.35. The van der Waals surface area contributed by atoms with Crippen LogP contribution < -0.4 is 19.7 Å². The lowest BCUT2D eigenvalue weighted by Crippen LogP contribution is -2.36. The Morgan fingerprint density at radius 3 is 2.48 bits per heavy atom. The number of benzene rings is 2. The Balaban J connectivity index is 1.33. The first-order valence-electron chi connectivity index (χ1n) is 10.3. The molecule has 31 heavy (non-hydrogen) atoms. The lowest BCUT2D eigenvalue weighted by Gasteiger charge is -2.28. The number of halogens is 1. The minimum atomic E-state index is 0.396. The van der Waals surface area contributed by atoms with Gasteiger partial charge < -0.3 is 24.4 Å². The van der Waals surface area contributed by atoms with Crippen molar-refractivity contribution in [1.82, 2.24) is 4.98 Å². The first kappa shape index (κ1) is 21.3. The van der Waals surface area contributed by atoms with Crippen LogP contribution in [-0.2, 0) is 17.9 Å². The van der Waals surface area contributed by atoms with E-state index in [1.165, 1.54) is 5.69 Å². The van der Waals surface area contributed by atoms with E-state index < -0.39 is 0 Å². The van der Waals surface area contributed by atoms with E-state index in [1.54, 1.807) is 19.4 Å². The zero-order chi connectivity index (χ0) is 21.5. The Hall–Kier alpha value is -2.96. The second-order valence-electron chi connectivity index (χ2n) is 7.26. The van der Waals surface area contributed by atoms with E-state index in [0.29, 0.717) is 29.8 Å². The highest BCUT2D eigenvalue weighted by Crippen LogP contribution is 2.29. The Labute approximate surface area is 187 Å². The van der Waals surface area contributed by atoms with E-state index in [4.69, 9.17) is 25.8 Å². The van der Waals surface area contributed by atoms with E-state index in [9.17, 15) is 0 Å². The monoisotopic (exact) mass is 439 g/mol. The van der Waals surface area contributed by atoms with Crippen molar-refractivity contribution in [3.8, 4) is 11.5 Å². The van der Waals surface area contributed by atoms with Crippen LogP contribution in [0.1, 0.15) is 11.1 Å². The van der Waals surface area contributed by atoms with Crippen molar-refractivity contribution in [3.63, 3.8) is 0 Å². The average molecular weight is 440 g/mol. The zero-order valence-electron chi connectivity index (χ0n) is 17.5. The van der Waals surface area contributed by atoms with Gasteiger partial charge in [0, 0.05) is 42.8 Å². The summed E-state index contributed by atoms with van der Waals surface area (Å²) >= 11 is 5.83. The molecule has 2 heterocycles. The molecule has 0 atom stereocenters. The fourth-order valence-electron chi connectivity index (χ4n) is 3.41. The number of pyridine rings is 1. The van der Waals surface area contributed by atoms with Crippen molar-refractivity contribution < 1.29 is 14.2 Å². The summed E-state index contributed by atoms with van der Waals surface area (Å²) in [5, 5.41) is 3.93. The van der Waals surface area contributed by atoms with Crippen molar-refractivity contribution in [1.29, 1.82) is 0 Å². The van der Waals surface area contributed by atoms with Gasteiger partial charge in [-0.05, 0) is 48.0 Å². The lowest BCUT2D eigenvalue weighted by atomic mass is 10.2. The number of hydrogen-bond acceptors (Lipinski definition) is 6. The van der Waals surface area contributed by atoms with Gasteiger partial charge in [0.1, 0.15) is 11.8 Å². The third-order valence-corrected chi connectivity index (χ3v) is 5.37. The predicted molar refractivity (Wildman–Crippen MR) is 123 cm³/mol. The van der Waals surface area contributed by atoms with Crippen LogP contribution >= 0.6 is 11.6 Å². The summed E-state index contributed by atoms with van der Waals surface area (Å²) in [6.07, 6.45) is 1.71. The highest BCUT2D eigenvalue weighted by molar-refractivity contribution is 6.29. The molecule has 2 aromatic carbocycles. The second-order valence-corrected chi connectivity index (χ2v) is 7.65. The van der Waals surface area contributed by atoms with Gasteiger partial charge in [-0.2, -0.15) is 0 Å². The van der Waals surface area contributed by atoms with Gasteiger partial charge in [-0.1, -0.05) is 23.7 Å². The Morgan fingerprint density at radius 1 is 1.00 bits per heavy atom. The number of rotatable bonds is 8. The highest BCUT2D eigenvalue weighted by atomic mass is 35.5. The number of nitrogens with one attached hydrogen (secondary N) is 1. The number of aromatic nitrogens is 1. The third-order valence-electron chi connectivity index (χ3n) is 5.15. The molecular weight excluding hydrogens is 414 g/mol. The van der Waals surface area contributed by atoms with Crippen molar-refractivity contribution in [2.75, 3.05) is 43.6 Å². The normalized spacial score (nSPS) is 13.7. The van der Waals surface area contributed by atoms with Crippen LogP contribution in [0.4, 0.5) is 11.4 Å². The molecule has 3 aromatic rings. The van der Waals surface area contributed by atoms with Gasteiger partial charge in [-0.15, -0.1) is 0 Å². The number of morpholine rings is 1. The first-order valence-corrected chi connectivity index (χ1v) is 10.7. The second kappa shape index (κ2) is 10.4. The number of anilines is 2. The maximum atomic E-state index is 5.90. The molecule has 1 fully saturated rings. The van der Waals surface area contributed by atoms with E-state index in [-0.39, 0.29) is 0 Å². The summed E-state index contributed by atoms with van der Waals surface area (Å²) in [4.78, 5) is 6.42. The predicted octanol–water partition coefficient (Wildman–Crippen LogP) is 4.77. The van der Waals surface area contributed by atoms with Crippen LogP contribution in [-0.4, -0.2) is 38.4 Å². The van der Waals surface area contributed by atoms with Gasteiger partial charge in [0.15, 0.2) is 11.5 Å². The molecule has 162 valence electrons. The summed E-state index contributed by atoms with van der Waals surface area (Å²) in [5.74, 6) is 1.39. The molecule has 0 radical (unpaired) electrons. The topological polar surface area (TPSA) is 55.9 Å². The third kappa shape index (κ3) is 5.81. The Bertz CT molecular complexity index is 974. The SMILES string of the molecule is COc1cc(CNc2ccc(N3CCOCC3)cc2)ccc1OCc1ccc(Cl)nc1. The van der Waals surface area contributed by atoms with Crippen LogP contribution in [0, 0.1) is 0 Å². The molecule has 0 aliphatic carbocycles. The van der Waals surface area contributed by atoms with E-state index in [0.717, 1.165) is 43.1 Å². The molecule has 1 N–H and O–H groups in total. The van der Waals surface area contributed by atoms with E-state index in [1.807, 2.05) is 24.3 Å². The molecule has 7 heteroatoms. The maximum Gasteiger partial charge on any atom is 0.161 e. The molecule has 0 amide bonds. The van der Waals surface area contributed by atoms with Gasteiger partial charge in [0.2, 0.25) is 0 Å². The highest BCUT2D eigenvalue weighted by Gasteiger charge is 2.11. The van der Waals surface area contributed by atoms with E-state index >= 15 is 0 Å².